The molecule has 122 valence electrons. The maximum atomic E-state index is 12.4. The number of nitrogens with one attached hydrogen (secondary N) is 1. The molecule has 0 aromatic heterocycles. The third kappa shape index (κ3) is 4.40. The van der Waals surface area contributed by atoms with E-state index in [1.54, 1.807) is 30.3 Å². The molecule has 2 rings (SSSR count). The fourth-order valence-electron chi connectivity index (χ4n) is 1.80. The zero-order chi connectivity index (χ0) is 16.9. The summed E-state index contributed by atoms with van der Waals surface area (Å²) in [4.78, 5) is 0.0512. The Hall–Kier alpha value is -2.18. The van der Waals surface area contributed by atoms with E-state index in [1.807, 2.05) is 0 Å². The van der Waals surface area contributed by atoms with E-state index in [1.165, 1.54) is 25.3 Å². The average Bonchev–Trinajstić information content (AvgIpc) is 2.54. The van der Waals surface area contributed by atoms with E-state index in [0.29, 0.717) is 23.8 Å². The summed E-state index contributed by atoms with van der Waals surface area (Å²) < 4.78 is 37.5. The molecule has 0 aliphatic rings. The number of rotatable bonds is 7. The molecule has 23 heavy (non-hydrogen) atoms. The monoisotopic (exact) mass is 353 g/mol. The lowest BCUT2D eigenvalue weighted by Crippen LogP contribution is -2.13. The summed E-state index contributed by atoms with van der Waals surface area (Å²) in [6, 6.07) is 10.8. The van der Waals surface area contributed by atoms with Crippen molar-refractivity contribution >= 4 is 27.3 Å². The number of hydrogen-bond donors (Lipinski definition) is 1. The minimum Gasteiger partial charge on any atom is -0.495 e. The summed E-state index contributed by atoms with van der Waals surface area (Å²) in [5, 5.41) is 0.226. The fourth-order valence-corrected chi connectivity index (χ4v) is 3.21. The molecule has 0 saturated heterocycles. The first kappa shape index (κ1) is 17.2. The molecule has 2 aromatic carbocycles. The molecule has 0 aliphatic carbocycles. The lowest BCUT2D eigenvalue weighted by molar-refractivity contribution is 0.363. The Morgan fingerprint density at radius 3 is 2.48 bits per heavy atom. The number of halogens is 1. The van der Waals surface area contributed by atoms with Crippen molar-refractivity contribution in [2.24, 2.45) is 0 Å². The normalized spacial score (nSPS) is 10.9. The fraction of sp³-hybridized carbons (Fsp3) is 0.125. The average molecular weight is 354 g/mol. The van der Waals surface area contributed by atoms with Crippen molar-refractivity contribution in [1.29, 1.82) is 0 Å². The molecule has 7 heteroatoms. The first-order chi connectivity index (χ1) is 11.0. The van der Waals surface area contributed by atoms with Crippen LogP contribution in [0.15, 0.2) is 60.0 Å². The van der Waals surface area contributed by atoms with Crippen LogP contribution in [0.5, 0.6) is 11.5 Å². The van der Waals surface area contributed by atoms with Crippen molar-refractivity contribution in [2.45, 2.75) is 4.90 Å². The van der Waals surface area contributed by atoms with Gasteiger partial charge >= 0.3 is 0 Å². The van der Waals surface area contributed by atoms with Gasteiger partial charge in [0.2, 0.25) is 0 Å². The molecule has 0 unspecified atom stereocenters. The number of methoxy groups -OCH3 is 1. The Morgan fingerprint density at radius 1 is 1.22 bits per heavy atom. The van der Waals surface area contributed by atoms with Gasteiger partial charge in [0.25, 0.3) is 10.0 Å². The van der Waals surface area contributed by atoms with Crippen molar-refractivity contribution < 1.29 is 17.9 Å². The number of hydrogen-bond acceptors (Lipinski definition) is 4. The summed E-state index contributed by atoms with van der Waals surface area (Å²) in [6.07, 6.45) is 1.63. The van der Waals surface area contributed by atoms with Gasteiger partial charge in [0.05, 0.1) is 17.0 Å². The molecule has 0 bridgehead atoms. The van der Waals surface area contributed by atoms with E-state index in [-0.39, 0.29) is 9.92 Å². The minimum atomic E-state index is -3.74. The summed E-state index contributed by atoms with van der Waals surface area (Å²) in [7, 11) is -2.28. The van der Waals surface area contributed by atoms with Gasteiger partial charge in [-0.05, 0) is 42.5 Å². The van der Waals surface area contributed by atoms with Crippen LogP contribution in [-0.2, 0) is 10.0 Å². The Balaban J connectivity index is 2.17. The molecule has 0 aliphatic heterocycles. The van der Waals surface area contributed by atoms with Gasteiger partial charge < -0.3 is 9.47 Å². The Labute approximate surface area is 140 Å². The van der Waals surface area contributed by atoms with Crippen LogP contribution < -0.4 is 14.2 Å². The highest BCUT2D eigenvalue weighted by atomic mass is 35.5. The minimum absolute atomic E-state index is 0.0512. The second-order valence-electron chi connectivity index (χ2n) is 4.53. The maximum Gasteiger partial charge on any atom is 0.261 e. The van der Waals surface area contributed by atoms with Crippen molar-refractivity contribution in [3.8, 4) is 11.5 Å². The highest BCUT2D eigenvalue weighted by Crippen LogP contribution is 2.28. The third-order valence-electron chi connectivity index (χ3n) is 2.91. The lowest BCUT2D eigenvalue weighted by atomic mass is 10.3. The number of ether oxygens (including phenoxy) is 2. The van der Waals surface area contributed by atoms with Gasteiger partial charge in [-0.1, -0.05) is 24.3 Å². The largest absolute Gasteiger partial charge is 0.495 e. The molecule has 0 saturated carbocycles. The molecule has 2 aromatic rings. The summed E-state index contributed by atoms with van der Waals surface area (Å²) in [5.41, 5.74) is 0.419. The molecule has 0 spiro atoms. The van der Waals surface area contributed by atoms with Crippen LogP contribution in [0.2, 0.25) is 5.02 Å². The summed E-state index contributed by atoms with van der Waals surface area (Å²) >= 11 is 5.97. The smallest absolute Gasteiger partial charge is 0.261 e. The molecule has 0 heterocycles. The second-order valence-corrected chi connectivity index (χ2v) is 6.62. The van der Waals surface area contributed by atoms with Gasteiger partial charge in [-0.3, -0.25) is 4.72 Å². The van der Waals surface area contributed by atoms with E-state index >= 15 is 0 Å². The Morgan fingerprint density at radius 2 is 1.91 bits per heavy atom. The zero-order valence-electron chi connectivity index (χ0n) is 12.5. The first-order valence-electron chi connectivity index (χ1n) is 6.66. The molecule has 5 nitrogen and oxygen atoms in total. The van der Waals surface area contributed by atoms with E-state index in [0.717, 1.165) is 0 Å². The Kier molecular flexibility index (Phi) is 5.52. The molecule has 1 N–H and O–H groups in total. The standard InChI is InChI=1S/C16H16ClNO4S/c1-3-10-22-13-6-4-12(5-7-13)18-23(19,20)14-8-9-16(21-2)15(17)11-14/h3-9,11,18H,1,10H2,2H3. The van der Waals surface area contributed by atoms with Crippen LogP contribution in [0, 0.1) is 0 Å². The second kappa shape index (κ2) is 7.39. The van der Waals surface area contributed by atoms with Gasteiger partial charge in [-0.15, -0.1) is 0 Å². The van der Waals surface area contributed by atoms with Gasteiger partial charge in [0.15, 0.2) is 0 Å². The van der Waals surface area contributed by atoms with Crippen LogP contribution >= 0.6 is 11.6 Å². The topological polar surface area (TPSA) is 64.6 Å². The molecule has 0 amide bonds. The van der Waals surface area contributed by atoms with Crippen LogP contribution in [0.3, 0.4) is 0 Å². The quantitative estimate of drug-likeness (QED) is 0.770. The van der Waals surface area contributed by atoms with Crippen molar-refractivity contribution in [3.63, 3.8) is 0 Å². The molecule has 0 radical (unpaired) electrons. The number of sulfonamides is 1. The molecule has 0 fully saturated rings. The molecular weight excluding hydrogens is 338 g/mol. The summed E-state index contributed by atoms with van der Waals surface area (Å²) in [6.45, 7) is 3.94. The van der Waals surface area contributed by atoms with Crippen molar-refractivity contribution in [3.05, 3.63) is 60.1 Å². The predicted molar refractivity (Wildman–Crippen MR) is 90.9 cm³/mol. The highest BCUT2D eigenvalue weighted by molar-refractivity contribution is 7.92. The zero-order valence-corrected chi connectivity index (χ0v) is 14.0. The third-order valence-corrected chi connectivity index (χ3v) is 4.58. The molecule has 0 atom stereocenters. The highest BCUT2D eigenvalue weighted by Gasteiger charge is 2.16. The van der Waals surface area contributed by atoms with E-state index < -0.39 is 10.0 Å². The lowest BCUT2D eigenvalue weighted by Gasteiger charge is -2.10. The van der Waals surface area contributed by atoms with Gasteiger partial charge in [0.1, 0.15) is 18.1 Å². The maximum absolute atomic E-state index is 12.4. The Bertz CT molecular complexity index is 788. The summed E-state index contributed by atoms with van der Waals surface area (Å²) in [5.74, 6) is 1.04. The van der Waals surface area contributed by atoms with E-state index in [2.05, 4.69) is 11.3 Å². The van der Waals surface area contributed by atoms with Crippen molar-refractivity contribution in [2.75, 3.05) is 18.4 Å². The SMILES string of the molecule is C=CCOc1ccc(NS(=O)(=O)c2ccc(OC)c(Cl)c2)cc1. The van der Waals surface area contributed by atoms with E-state index in [4.69, 9.17) is 21.1 Å². The van der Waals surface area contributed by atoms with Crippen LogP contribution in [-0.4, -0.2) is 22.1 Å². The predicted octanol–water partition coefficient (Wildman–Crippen LogP) is 3.71. The van der Waals surface area contributed by atoms with E-state index in [9.17, 15) is 8.42 Å². The van der Waals surface area contributed by atoms with Crippen LogP contribution in [0.4, 0.5) is 5.69 Å². The number of benzene rings is 2. The van der Waals surface area contributed by atoms with Gasteiger partial charge in [-0.2, -0.15) is 0 Å². The van der Waals surface area contributed by atoms with Crippen LogP contribution in [0.25, 0.3) is 0 Å². The van der Waals surface area contributed by atoms with Crippen LogP contribution in [0.1, 0.15) is 0 Å². The van der Waals surface area contributed by atoms with Crippen molar-refractivity contribution in [1.82, 2.24) is 0 Å². The number of anilines is 1. The first-order valence-corrected chi connectivity index (χ1v) is 8.52. The van der Waals surface area contributed by atoms with Gasteiger partial charge in [0, 0.05) is 5.69 Å². The van der Waals surface area contributed by atoms with Gasteiger partial charge in [-0.25, -0.2) is 8.42 Å². The molecular formula is C16H16ClNO4S.